The van der Waals surface area contributed by atoms with Crippen molar-refractivity contribution in [3.63, 3.8) is 0 Å². The first-order valence-electron chi connectivity index (χ1n) is 13.9. The van der Waals surface area contributed by atoms with Crippen LogP contribution in [0.2, 0.25) is 0 Å². The highest BCUT2D eigenvalue weighted by Crippen LogP contribution is 2.55. The maximum atomic E-state index is 13.9. The van der Waals surface area contributed by atoms with Gasteiger partial charge in [0, 0.05) is 33.4 Å². The summed E-state index contributed by atoms with van der Waals surface area (Å²) in [6.45, 7) is 0. The Balaban J connectivity index is 1.94. The van der Waals surface area contributed by atoms with E-state index in [-0.39, 0.29) is 46.0 Å². The maximum absolute atomic E-state index is 13.9. The van der Waals surface area contributed by atoms with E-state index in [0.29, 0.717) is 6.07 Å². The summed E-state index contributed by atoms with van der Waals surface area (Å²) >= 11 is 0. The first-order valence-corrected chi connectivity index (χ1v) is 13.9. The third-order valence-corrected chi connectivity index (χ3v) is 8.02. The van der Waals surface area contributed by atoms with Gasteiger partial charge in [-0.2, -0.15) is 76.3 Å². The summed E-state index contributed by atoms with van der Waals surface area (Å²) in [7, 11) is 0. The molecule has 0 amide bonds. The van der Waals surface area contributed by atoms with Gasteiger partial charge in [0.05, 0.1) is 39.5 Å². The third kappa shape index (κ3) is 5.66. The molecule has 0 saturated carbocycles. The van der Waals surface area contributed by atoms with Gasteiger partial charge in [-0.15, -0.1) is 0 Å². The van der Waals surface area contributed by atoms with E-state index in [4.69, 9.17) is 0 Å². The molecule has 0 radical (unpaired) electrons. The maximum Gasteiger partial charge on any atom is 0.417 e. The van der Waals surface area contributed by atoms with E-state index in [1.807, 2.05) is 0 Å². The second-order valence-corrected chi connectivity index (χ2v) is 10.8. The number of nitriles is 7. The molecule has 0 aromatic heterocycles. The molecule has 0 spiro atoms. The molecule has 0 saturated heterocycles. The van der Waals surface area contributed by atoms with Crippen molar-refractivity contribution >= 4 is 33.4 Å². The molecular formula is C36H8F9N7. The largest absolute Gasteiger partial charge is 0.417 e. The number of benzene rings is 3. The Bertz CT molecular complexity index is 2530. The smallest absolute Gasteiger partial charge is 0.192 e. The average Bonchev–Trinajstić information content (AvgIpc) is 3.58. The van der Waals surface area contributed by atoms with Crippen molar-refractivity contribution in [2.24, 2.45) is 0 Å². The number of allylic oxidation sites excluding steroid dienone is 8. The fraction of sp³-hybridized carbons (Fsp3) is 0.0833. The van der Waals surface area contributed by atoms with Gasteiger partial charge in [-0.05, 0) is 64.7 Å². The Kier molecular flexibility index (Phi) is 8.51. The molecule has 0 atom stereocenters. The van der Waals surface area contributed by atoms with Gasteiger partial charge in [-0.25, -0.2) is 0 Å². The zero-order chi connectivity index (χ0) is 38.5. The van der Waals surface area contributed by atoms with Crippen LogP contribution in [0.4, 0.5) is 39.5 Å². The molecule has 3 aromatic rings. The molecule has 16 heteroatoms. The van der Waals surface area contributed by atoms with Gasteiger partial charge in [-0.1, -0.05) is 6.07 Å². The highest BCUT2D eigenvalue weighted by Gasteiger charge is 2.41. The lowest BCUT2D eigenvalue weighted by atomic mass is 9.89. The summed E-state index contributed by atoms with van der Waals surface area (Å²) in [5.74, 6) is 0. The van der Waals surface area contributed by atoms with Gasteiger partial charge in [0.15, 0.2) is 0 Å². The van der Waals surface area contributed by atoms with Crippen molar-refractivity contribution in [1.29, 1.82) is 36.8 Å². The van der Waals surface area contributed by atoms with Crippen molar-refractivity contribution in [2.45, 2.75) is 18.5 Å². The van der Waals surface area contributed by atoms with Gasteiger partial charge in [0.1, 0.15) is 47.6 Å². The number of nitrogens with zero attached hydrogens (tertiary/aromatic N) is 7. The molecular weight excluding hydrogens is 701 g/mol. The Morgan fingerprint density at radius 2 is 0.865 bits per heavy atom. The highest BCUT2D eigenvalue weighted by atomic mass is 19.4. The molecule has 2 aliphatic rings. The van der Waals surface area contributed by atoms with Crippen LogP contribution in [0.3, 0.4) is 0 Å². The lowest BCUT2D eigenvalue weighted by Crippen LogP contribution is -2.12. The first-order chi connectivity index (χ1) is 24.4. The Hall–Kier alpha value is -7.58. The van der Waals surface area contributed by atoms with Crippen molar-refractivity contribution in [2.75, 3.05) is 0 Å². The number of hydrogen-bond donors (Lipinski definition) is 0. The standard InChI is InChI=1S/C36H8F9N7/c37-34(38,39)21-3-18(4-22(6-21)35(40,41)42)31-28(15-52)24-8-25-23(7-26(24)33(31)20(12-49)13-50)27(14-51)30(32(25)19(10-47)11-48)16-1-2-17(9-46)29(5-16)36(43,44)45/h1-8H. The lowest BCUT2D eigenvalue weighted by molar-refractivity contribution is -0.143. The van der Waals surface area contributed by atoms with Crippen LogP contribution >= 0.6 is 0 Å². The zero-order valence-electron chi connectivity index (χ0n) is 25.2. The molecule has 0 bridgehead atoms. The van der Waals surface area contributed by atoms with E-state index < -0.39 is 90.9 Å². The van der Waals surface area contributed by atoms with E-state index in [1.165, 1.54) is 18.2 Å². The van der Waals surface area contributed by atoms with Crippen LogP contribution in [0.15, 0.2) is 59.7 Å². The van der Waals surface area contributed by atoms with Gasteiger partial charge in [0.2, 0.25) is 0 Å². The van der Waals surface area contributed by atoms with Crippen LogP contribution in [0.5, 0.6) is 0 Å². The minimum atomic E-state index is -5.34. The molecule has 0 N–H and O–H groups in total. The minimum absolute atomic E-state index is 0.174. The lowest BCUT2D eigenvalue weighted by Gasteiger charge is -2.16. The van der Waals surface area contributed by atoms with Crippen LogP contribution in [0, 0.1) is 79.3 Å². The molecule has 250 valence electrons. The third-order valence-electron chi connectivity index (χ3n) is 8.02. The summed E-state index contributed by atoms with van der Waals surface area (Å²) in [4.78, 5) is 0. The molecule has 0 aliphatic heterocycles. The fourth-order valence-corrected chi connectivity index (χ4v) is 5.95. The van der Waals surface area contributed by atoms with Gasteiger partial charge >= 0.3 is 18.5 Å². The second-order valence-electron chi connectivity index (χ2n) is 10.8. The normalized spacial score (nSPS) is 13.5. The van der Waals surface area contributed by atoms with Crippen LogP contribution in [0.25, 0.3) is 33.4 Å². The number of fused-ring (bicyclic) bond motifs is 2. The Morgan fingerprint density at radius 1 is 0.442 bits per heavy atom. The average molecular weight is 709 g/mol. The molecule has 3 aromatic carbocycles. The van der Waals surface area contributed by atoms with Gasteiger partial charge in [0.25, 0.3) is 0 Å². The topological polar surface area (TPSA) is 167 Å². The summed E-state index contributed by atoms with van der Waals surface area (Å²) in [6.07, 6.45) is -15.8. The fourth-order valence-electron chi connectivity index (χ4n) is 5.95. The highest BCUT2D eigenvalue weighted by molar-refractivity contribution is 6.29. The minimum Gasteiger partial charge on any atom is -0.192 e. The van der Waals surface area contributed by atoms with Crippen molar-refractivity contribution in [3.05, 3.63) is 115 Å². The molecule has 5 rings (SSSR count). The summed E-state index contributed by atoms with van der Waals surface area (Å²) in [6, 6.07) is 15.8. The second kappa shape index (κ2) is 12.4. The molecule has 0 unspecified atom stereocenters. The van der Waals surface area contributed by atoms with Gasteiger partial charge in [-0.3, -0.25) is 0 Å². The predicted octanol–water partition coefficient (Wildman–Crippen LogP) is 9.11. The molecule has 2 aliphatic carbocycles. The zero-order valence-corrected chi connectivity index (χ0v) is 25.2. The van der Waals surface area contributed by atoms with Crippen LogP contribution < -0.4 is 0 Å². The monoisotopic (exact) mass is 709 g/mol. The van der Waals surface area contributed by atoms with Crippen LogP contribution in [-0.4, -0.2) is 0 Å². The molecule has 52 heavy (non-hydrogen) atoms. The Morgan fingerprint density at radius 3 is 1.21 bits per heavy atom. The van der Waals surface area contributed by atoms with Crippen molar-refractivity contribution in [3.8, 4) is 42.5 Å². The summed E-state index contributed by atoms with van der Waals surface area (Å²) < 4.78 is 125. The number of halogens is 9. The van der Waals surface area contributed by atoms with E-state index >= 15 is 0 Å². The number of rotatable bonds is 2. The van der Waals surface area contributed by atoms with Crippen LogP contribution in [0.1, 0.15) is 55.6 Å². The molecule has 0 heterocycles. The molecule has 0 fully saturated rings. The summed E-state index contributed by atoms with van der Waals surface area (Å²) in [5, 5.41) is 69.3. The quantitative estimate of drug-likeness (QED) is 0.189. The van der Waals surface area contributed by atoms with E-state index in [0.717, 1.165) is 24.3 Å². The van der Waals surface area contributed by atoms with Crippen LogP contribution in [-0.2, 0) is 18.5 Å². The van der Waals surface area contributed by atoms with Crippen molar-refractivity contribution in [1.82, 2.24) is 0 Å². The first kappa shape index (κ1) is 35.7. The van der Waals surface area contributed by atoms with Crippen molar-refractivity contribution < 1.29 is 39.5 Å². The Labute approximate surface area is 286 Å². The summed E-state index contributed by atoms with van der Waals surface area (Å²) in [5.41, 5.74) is -13.0. The van der Waals surface area contributed by atoms with E-state index in [9.17, 15) is 76.3 Å². The predicted molar refractivity (Wildman–Crippen MR) is 160 cm³/mol. The SMILES string of the molecule is N#CC(C#N)=C1C(c2cc(C(F)(F)F)cc(C(F)(F)F)c2)=C(C#N)c2cc3c(cc21)C(C#N)=C(c1ccc(C#N)c(C(F)(F)F)c1)C3=C(C#N)C#N. The van der Waals surface area contributed by atoms with E-state index in [1.54, 1.807) is 24.3 Å². The van der Waals surface area contributed by atoms with Gasteiger partial charge < -0.3 is 0 Å². The van der Waals surface area contributed by atoms with E-state index in [2.05, 4.69) is 0 Å². The molecule has 7 nitrogen and oxygen atoms in total. The number of hydrogen-bond acceptors (Lipinski definition) is 7. The number of alkyl halides is 9.